The Balaban J connectivity index is 1.18. The maximum Gasteiger partial charge on any atom is 0.0979 e. The summed E-state index contributed by atoms with van der Waals surface area (Å²) >= 11 is 0. The van der Waals surface area contributed by atoms with Gasteiger partial charge in [-0.3, -0.25) is 0 Å². The normalized spacial score (nSPS) is 14.5. The molecule has 4 N–H and O–H groups in total. The lowest BCUT2D eigenvalue weighted by Crippen LogP contribution is -2.11. The topological polar surface area (TPSA) is 76.8 Å². The van der Waals surface area contributed by atoms with Crippen LogP contribution in [0, 0.1) is 55.4 Å². The van der Waals surface area contributed by atoms with Gasteiger partial charge in [0, 0.05) is 39.7 Å². The molecule has 306 valence electrons. The molecule has 0 saturated carbocycles. The number of anilines is 2. The minimum atomic E-state index is 0.0402. The number of aliphatic imine (C=N–C) groups is 2. The molecule has 62 heavy (non-hydrogen) atoms. The summed E-state index contributed by atoms with van der Waals surface area (Å²) in [6, 6.07) is 52.9. The number of aryl methyl sites for hydroxylation is 8. The Labute approximate surface area is 366 Å². The number of rotatable bonds is 8. The summed E-state index contributed by atoms with van der Waals surface area (Å²) in [5.74, 6) is 0.0804. The molecule has 0 saturated heterocycles. The summed E-state index contributed by atoms with van der Waals surface area (Å²) in [4.78, 5) is 11.3. The third-order valence-electron chi connectivity index (χ3n) is 12.9. The van der Waals surface area contributed by atoms with Crippen molar-refractivity contribution in [3.05, 3.63) is 235 Å². The van der Waals surface area contributed by atoms with E-state index in [0.717, 1.165) is 89.8 Å². The molecule has 0 bridgehead atoms. The predicted molar refractivity (Wildman–Crippen MR) is 264 cm³/mol. The van der Waals surface area contributed by atoms with Crippen molar-refractivity contribution in [3.8, 4) is 0 Å². The first kappa shape index (κ1) is 40.4. The minimum Gasteiger partial charge on any atom is -0.398 e. The van der Waals surface area contributed by atoms with Gasteiger partial charge in [0.15, 0.2) is 0 Å². The van der Waals surface area contributed by atoms with E-state index in [1.54, 1.807) is 0 Å². The van der Waals surface area contributed by atoms with Crippen LogP contribution in [0.5, 0.6) is 0 Å². The number of nitrogens with two attached hydrogens (primary N) is 2. The lowest BCUT2D eigenvalue weighted by molar-refractivity contribution is 0.965. The summed E-state index contributed by atoms with van der Waals surface area (Å²) in [5, 5.41) is 2.38. The van der Waals surface area contributed by atoms with Crippen molar-refractivity contribution in [2.45, 2.75) is 67.2 Å². The zero-order valence-corrected chi connectivity index (χ0v) is 37.1. The summed E-state index contributed by atoms with van der Waals surface area (Å²) in [6.45, 7) is 17.2. The van der Waals surface area contributed by atoms with Crippen LogP contribution in [0.3, 0.4) is 0 Å². The highest BCUT2D eigenvalue weighted by Gasteiger charge is 2.29. The quantitative estimate of drug-likeness (QED) is 0.118. The fourth-order valence-electron chi connectivity index (χ4n) is 9.90. The summed E-state index contributed by atoms with van der Waals surface area (Å²) in [6.07, 6.45) is 0. The fourth-order valence-corrected chi connectivity index (χ4v) is 9.90. The number of nitrogen functional groups attached to an aromatic ring is 2. The van der Waals surface area contributed by atoms with Crippen LogP contribution in [-0.4, -0.2) is 11.4 Å². The third-order valence-corrected chi connectivity index (χ3v) is 12.9. The summed E-state index contributed by atoms with van der Waals surface area (Å²) in [5.41, 5.74) is 36.9. The van der Waals surface area contributed by atoms with Crippen LogP contribution in [0.4, 0.5) is 22.7 Å². The highest BCUT2D eigenvalue weighted by molar-refractivity contribution is 6.61. The van der Waals surface area contributed by atoms with Crippen LogP contribution >= 0.6 is 0 Å². The molecular formula is C58H54N4. The van der Waals surface area contributed by atoms with Crippen LogP contribution in [0.15, 0.2) is 156 Å². The molecule has 4 nitrogen and oxygen atoms in total. The first-order valence-electron chi connectivity index (χ1n) is 21.6. The zero-order valence-electron chi connectivity index (χ0n) is 37.1. The highest BCUT2D eigenvalue weighted by Crippen LogP contribution is 2.42. The van der Waals surface area contributed by atoms with E-state index in [1.165, 1.54) is 44.2 Å². The maximum absolute atomic E-state index is 6.46. The van der Waals surface area contributed by atoms with Gasteiger partial charge >= 0.3 is 0 Å². The van der Waals surface area contributed by atoms with Crippen LogP contribution in [-0.2, 0) is 0 Å². The molecule has 0 fully saturated rings. The lowest BCUT2D eigenvalue weighted by atomic mass is 9.82. The van der Waals surface area contributed by atoms with Gasteiger partial charge in [-0.05, 0) is 139 Å². The fraction of sp³-hybridized carbons (Fsp3) is 0.172. The van der Waals surface area contributed by atoms with Crippen molar-refractivity contribution in [2.24, 2.45) is 9.98 Å². The molecule has 0 radical (unpaired) electrons. The van der Waals surface area contributed by atoms with Crippen molar-refractivity contribution < 1.29 is 0 Å². The molecule has 9 rings (SSSR count). The van der Waals surface area contributed by atoms with E-state index in [9.17, 15) is 0 Å². The SMILES string of the molecule is Cc1cc(C(c2ccccc2)c2cc(C)c(N=C3C(=Nc4c(C)cc(C(c5ccccc5)c5cc(C)c(N)c(C)c5)cc4C)c4cccc5cccc3c45)c(C)c2)cc(C)c1N. The van der Waals surface area contributed by atoms with Crippen molar-refractivity contribution in [2.75, 3.05) is 11.5 Å². The Morgan fingerprint density at radius 3 is 0.968 bits per heavy atom. The average Bonchev–Trinajstić information content (AvgIpc) is 3.55. The second kappa shape index (κ2) is 16.1. The average molecular weight is 807 g/mol. The highest BCUT2D eigenvalue weighted by atomic mass is 14.8. The van der Waals surface area contributed by atoms with E-state index < -0.39 is 0 Å². The molecule has 2 atom stereocenters. The van der Waals surface area contributed by atoms with E-state index in [4.69, 9.17) is 21.5 Å². The van der Waals surface area contributed by atoms with Crippen molar-refractivity contribution in [3.63, 3.8) is 0 Å². The first-order chi connectivity index (χ1) is 29.9. The van der Waals surface area contributed by atoms with E-state index in [0.29, 0.717) is 0 Å². The van der Waals surface area contributed by atoms with Gasteiger partial charge in [-0.1, -0.05) is 146 Å². The molecule has 0 spiro atoms. The number of nitrogens with zero attached hydrogens (tertiary/aromatic N) is 2. The van der Waals surface area contributed by atoms with Gasteiger partial charge in [0.25, 0.3) is 0 Å². The molecule has 0 amide bonds. The minimum absolute atomic E-state index is 0.0402. The van der Waals surface area contributed by atoms with Gasteiger partial charge in [0.2, 0.25) is 0 Å². The molecule has 0 aromatic heterocycles. The Morgan fingerprint density at radius 2 is 0.645 bits per heavy atom. The van der Waals surface area contributed by atoms with Gasteiger partial charge < -0.3 is 11.5 Å². The first-order valence-corrected chi connectivity index (χ1v) is 21.6. The Hall–Kier alpha value is -7.04. The summed E-state index contributed by atoms with van der Waals surface area (Å²) in [7, 11) is 0. The second-order valence-corrected chi connectivity index (χ2v) is 17.5. The van der Waals surface area contributed by atoms with Crippen LogP contribution in [0.1, 0.15) is 101 Å². The number of hydrogen-bond acceptors (Lipinski definition) is 4. The Bertz CT molecular complexity index is 2820. The predicted octanol–water partition coefficient (Wildman–Crippen LogP) is 14.1. The van der Waals surface area contributed by atoms with Crippen LogP contribution in [0.25, 0.3) is 10.8 Å². The molecule has 0 aliphatic heterocycles. The van der Waals surface area contributed by atoms with Crippen molar-refractivity contribution in [1.29, 1.82) is 0 Å². The van der Waals surface area contributed by atoms with Gasteiger partial charge in [-0.25, -0.2) is 9.98 Å². The molecule has 8 aromatic rings. The van der Waals surface area contributed by atoms with Gasteiger partial charge in [0.05, 0.1) is 22.8 Å². The molecular weight excluding hydrogens is 753 g/mol. The zero-order chi connectivity index (χ0) is 43.4. The smallest absolute Gasteiger partial charge is 0.0979 e. The third kappa shape index (κ3) is 7.20. The van der Waals surface area contributed by atoms with E-state index in [2.05, 4.69) is 201 Å². The molecule has 1 aliphatic rings. The van der Waals surface area contributed by atoms with Crippen molar-refractivity contribution in [1.82, 2.24) is 0 Å². The molecule has 0 heterocycles. The molecule has 2 unspecified atom stereocenters. The second-order valence-electron chi connectivity index (χ2n) is 17.5. The van der Waals surface area contributed by atoms with Crippen LogP contribution in [0.2, 0.25) is 0 Å². The standard InChI is InChI=1S/C58H54N4/c1-33-25-44(26-34(2)53(33)59)50(41-17-11-9-12-18-41)46-29-37(5)55(38(6)30-46)61-57-48-23-15-21-43-22-16-24-49(52(43)48)58(57)62-56-39(7)31-47(32-40(56)8)51(42-19-13-10-14-20-42)45-27-35(3)54(60)36(4)28-45/h9-32,50-51H,59-60H2,1-8H3. The largest absolute Gasteiger partial charge is 0.398 e. The van der Waals surface area contributed by atoms with Gasteiger partial charge in [-0.15, -0.1) is 0 Å². The number of benzene rings is 8. The van der Waals surface area contributed by atoms with Crippen molar-refractivity contribution >= 4 is 44.9 Å². The number of hydrogen-bond donors (Lipinski definition) is 2. The van der Waals surface area contributed by atoms with Gasteiger partial charge in [-0.2, -0.15) is 0 Å². The summed E-state index contributed by atoms with van der Waals surface area (Å²) < 4.78 is 0. The molecule has 1 aliphatic carbocycles. The van der Waals surface area contributed by atoms with Crippen LogP contribution < -0.4 is 11.5 Å². The Morgan fingerprint density at radius 1 is 0.339 bits per heavy atom. The monoisotopic (exact) mass is 806 g/mol. The van der Waals surface area contributed by atoms with E-state index in [-0.39, 0.29) is 11.8 Å². The molecule has 8 aromatic carbocycles. The Kier molecular flexibility index (Phi) is 10.5. The maximum atomic E-state index is 6.46. The lowest BCUT2D eigenvalue weighted by Gasteiger charge is -2.23. The van der Waals surface area contributed by atoms with Gasteiger partial charge in [0.1, 0.15) is 0 Å². The van der Waals surface area contributed by atoms with E-state index in [1.807, 2.05) is 0 Å². The molecule has 4 heteroatoms. The van der Waals surface area contributed by atoms with E-state index >= 15 is 0 Å².